The van der Waals surface area contributed by atoms with E-state index in [9.17, 15) is 44.6 Å². The summed E-state index contributed by atoms with van der Waals surface area (Å²) in [7, 11) is 1.90. The standard InChI is InChI=1S/C34H47F10NO/c1-30-15-10-12-26(30)28-22(19-23-20-24(46)13-14-25(23)29(28)27(35)21-30)11-6-5-9-18-45(2)17-8-4-3-7-16-31(36,37)32(38,39)33(40,41)34(42,43)44/h13-14,20,22,26-29,46H,3-12,15-19,21H2,1-2H3/t22-,26+,27+,28+,29+,30+/m1/s1. The van der Waals surface area contributed by atoms with Gasteiger partial charge in [-0.2, -0.15) is 39.5 Å². The van der Waals surface area contributed by atoms with Crippen molar-refractivity contribution in [1.29, 1.82) is 0 Å². The van der Waals surface area contributed by atoms with Crippen molar-refractivity contribution in [3.8, 4) is 5.75 Å². The van der Waals surface area contributed by atoms with Crippen molar-refractivity contribution >= 4 is 0 Å². The topological polar surface area (TPSA) is 23.5 Å². The first-order chi connectivity index (χ1) is 21.3. The van der Waals surface area contributed by atoms with Gasteiger partial charge in [0.15, 0.2) is 0 Å². The van der Waals surface area contributed by atoms with Crippen molar-refractivity contribution in [3.05, 3.63) is 29.3 Å². The van der Waals surface area contributed by atoms with Crippen LogP contribution in [0, 0.1) is 23.2 Å². The molecule has 0 aromatic heterocycles. The second kappa shape index (κ2) is 14.0. The van der Waals surface area contributed by atoms with E-state index in [0.29, 0.717) is 43.6 Å². The Kier molecular flexibility index (Phi) is 11.3. The average Bonchev–Trinajstić information content (AvgIpc) is 3.34. The summed E-state index contributed by atoms with van der Waals surface area (Å²) < 4.78 is 133. The summed E-state index contributed by atoms with van der Waals surface area (Å²) in [5, 5.41) is 10.1. The number of rotatable bonds is 15. The molecule has 0 unspecified atom stereocenters. The van der Waals surface area contributed by atoms with Gasteiger partial charge in [-0.25, -0.2) is 4.39 Å². The Bertz CT molecular complexity index is 1160. The molecule has 6 atom stereocenters. The van der Waals surface area contributed by atoms with Crippen LogP contribution in [0.2, 0.25) is 0 Å². The number of phenolic OH excluding ortho intramolecular Hbond substituents is 1. The molecule has 0 saturated heterocycles. The minimum atomic E-state index is -6.83. The van der Waals surface area contributed by atoms with E-state index in [2.05, 4.69) is 11.8 Å². The van der Waals surface area contributed by atoms with Crippen LogP contribution in [0.3, 0.4) is 0 Å². The summed E-state index contributed by atoms with van der Waals surface area (Å²) in [5.74, 6) is -17.6. The number of halogens is 10. The monoisotopic (exact) mass is 675 g/mol. The van der Waals surface area contributed by atoms with Crippen LogP contribution in [-0.4, -0.2) is 60.3 Å². The van der Waals surface area contributed by atoms with Crippen LogP contribution >= 0.6 is 0 Å². The van der Waals surface area contributed by atoms with Crippen LogP contribution in [0.4, 0.5) is 43.9 Å². The Hall–Kier alpha value is -1.72. The van der Waals surface area contributed by atoms with Gasteiger partial charge in [0, 0.05) is 12.3 Å². The summed E-state index contributed by atoms with van der Waals surface area (Å²) in [6.07, 6.45) is -0.490. The molecule has 0 radical (unpaired) electrons. The Labute approximate surface area is 265 Å². The number of nitrogens with zero attached hydrogens (tertiary/aromatic N) is 1. The van der Waals surface area contributed by atoms with Gasteiger partial charge in [-0.3, -0.25) is 0 Å². The molecule has 0 amide bonds. The van der Waals surface area contributed by atoms with Gasteiger partial charge < -0.3 is 10.0 Å². The molecule has 0 heterocycles. The van der Waals surface area contributed by atoms with Crippen molar-refractivity contribution in [2.24, 2.45) is 23.2 Å². The molecule has 264 valence electrons. The molecule has 2 nitrogen and oxygen atoms in total. The number of alkyl halides is 10. The molecule has 12 heteroatoms. The smallest absolute Gasteiger partial charge is 0.460 e. The average molecular weight is 676 g/mol. The van der Waals surface area contributed by atoms with Gasteiger partial charge in [0.2, 0.25) is 0 Å². The lowest BCUT2D eigenvalue weighted by Gasteiger charge is -2.53. The van der Waals surface area contributed by atoms with Gasteiger partial charge in [-0.1, -0.05) is 45.1 Å². The molecular formula is C34H47F10NO. The highest BCUT2D eigenvalue weighted by Gasteiger charge is 2.81. The fourth-order valence-corrected chi connectivity index (χ4v) is 8.79. The Morgan fingerprint density at radius 2 is 1.50 bits per heavy atom. The number of phenols is 1. The second-order valence-corrected chi connectivity index (χ2v) is 14.5. The molecule has 1 aromatic carbocycles. The van der Waals surface area contributed by atoms with Crippen molar-refractivity contribution in [1.82, 2.24) is 4.90 Å². The van der Waals surface area contributed by atoms with Crippen LogP contribution in [0.5, 0.6) is 5.75 Å². The van der Waals surface area contributed by atoms with Gasteiger partial charge in [0.05, 0.1) is 0 Å². The zero-order valence-electron chi connectivity index (χ0n) is 26.6. The highest BCUT2D eigenvalue weighted by Crippen LogP contribution is 2.63. The number of unbranched alkanes of at least 4 members (excludes halogenated alkanes) is 5. The molecule has 0 aliphatic heterocycles. The lowest BCUT2D eigenvalue weighted by Crippen LogP contribution is -2.60. The molecule has 1 aromatic rings. The third-order valence-electron chi connectivity index (χ3n) is 11.2. The van der Waals surface area contributed by atoms with E-state index in [1.807, 2.05) is 13.1 Å². The quantitative estimate of drug-likeness (QED) is 0.148. The third-order valence-corrected chi connectivity index (χ3v) is 11.2. The first-order valence-corrected chi connectivity index (χ1v) is 16.7. The molecule has 46 heavy (non-hydrogen) atoms. The SMILES string of the molecule is CN(CCCCCCC(F)(F)C(F)(F)C(F)(F)C(F)(F)F)CCCCC[C@@H]1Cc2cc(O)ccc2[C@@H]2[C@@H]1[C@@H]1CCC[C@@]1(C)C[C@@H]2F. The Morgan fingerprint density at radius 3 is 2.15 bits per heavy atom. The number of hydrogen-bond acceptors (Lipinski definition) is 2. The summed E-state index contributed by atoms with van der Waals surface area (Å²) in [5.41, 5.74) is 2.17. The molecule has 2 saturated carbocycles. The maximum atomic E-state index is 15.8. The van der Waals surface area contributed by atoms with Crippen molar-refractivity contribution in [3.63, 3.8) is 0 Å². The van der Waals surface area contributed by atoms with Gasteiger partial charge in [0.1, 0.15) is 11.9 Å². The molecule has 0 spiro atoms. The van der Waals surface area contributed by atoms with Crippen LogP contribution in [0.1, 0.15) is 107 Å². The molecule has 3 aliphatic carbocycles. The first kappa shape index (κ1) is 37.1. The maximum absolute atomic E-state index is 15.8. The highest BCUT2D eigenvalue weighted by atomic mass is 19.4. The van der Waals surface area contributed by atoms with E-state index >= 15 is 4.39 Å². The summed E-state index contributed by atoms with van der Waals surface area (Å²) in [6.45, 7) is 3.64. The summed E-state index contributed by atoms with van der Waals surface area (Å²) in [4.78, 5) is 2.06. The Balaban J connectivity index is 1.17. The van der Waals surface area contributed by atoms with Crippen LogP contribution in [-0.2, 0) is 6.42 Å². The minimum absolute atomic E-state index is 0.00132. The number of aromatic hydroxyl groups is 1. The van der Waals surface area contributed by atoms with Crippen molar-refractivity contribution in [2.75, 3.05) is 20.1 Å². The van der Waals surface area contributed by atoms with Crippen molar-refractivity contribution < 1.29 is 49.0 Å². The molecule has 0 bridgehead atoms. The summed E-state index contributed by atoms with van der Waals surface area (Å²) in [6, 6.07) is 5.40. The van der Waals surface area contributed by atoms with Gasteiger partial charge in [-0.15, -0.1) is 0 Å². The largest absolute Gasteiger partial charge is 0.508 e. The third kappa shape index (κ3) is 7.46. The molecular weight excluding hydrogens is 628 g/mol. The molecule has 1 N–H and O–H groups in total. The van der Waals surface area contributed by atoms with Gasteiger partial charge in [-0.05, 0) is 118 Å². The van der Waals surface area contributed by atoms with E-state index in [4.69, 9.17) is 0 Å². The normalized spacial score (nSPS) is 28.7. The zero-order valence-corrected chi connectivity index (χ0v) is 26.6. The minimum Gasteiger partial charge on any atom is -0.508 e. The van der Waals surface area contributed by atoms with Gasteiger partial charge in [0.25, 0.3) is 0 Å². The van der Waals surface area contributed by atoms with E-state index in [1.165, 1.54) is 0 Å². The number of benzene rings is 1. The summed E-state index contributed by atoms with van der Waals surface area (Å²) >= 11 is 0. The maximum Gasteiger partial charge on any atom is 0.460 e. The van der Waals surface area contributed by atoms with E-state index in [0.717, 1.165) is 69.0 Å². The van der Waals surface area contributed by atoms with E-state index in [1.54, 1.807) is 12.1 Å². The van der Waals surface area contributed by atoms with Crippen LogP contribution < -0.4 is 0 Å². The number of fused-ring (bicyclic) bond motifs is 5. The molecule has 4 rings (SSSR count). The van der Waals surface area contributed by atoms with E-state index in [-0.39, 0.29) is 23.5 Å². The van der Waals surface area contributed by atoms with Gasteiger partial charge >= 0.3 is 23.9 Å². The second-order valence-electron chi connectivity index (χ2n) is 14.5. The zero-order chi connectivity index (χ0) is 34.1. The fraction of sp³-hybridized carbons (Fsp3) is 0.824. The predicted octanol–water partition coefficient (Wildman–Crippen LogP) is 10.7. The van der Waals surface area contributed by atoms with E-state index < -0.39 is 43.0 Å². The predicted molar refractivity (Wildman–Crippen MR) is 156 cm³/mol. The highest BCUT2D eigenvalue weighted by molar-refractivity contribution is 5.41. The molecule has 3 aliphatic rings. The van der Waals surface area contributed by atoms with Crippen molar-refractivity contribution in [2.45, 2.75) is 133 Å². The lowest BCUT2D eigenvalue weighted by atomic mass is 9.51. The first-order valence-electron chi connectivity index (χ1n) is 16.7. The van der Waals surface area contributed by atoms with Crippen LogP contribution in [0.25, 0.3) is 0 Å². The van der Waals surface area contributed by atoms with Crippen LogP contribution in [0.15, 0.2) is 18.2 Å². The lowest BCUT2D eigenvalue weighted by molar-refractivity contribution is -0.396. The Morgan fingerprint density at radius 1 is 0.870 bits per heavy atom. The fourth-order valence-electron chi connectivity index (χ4n) is 8.79. The number of hydrogen-bond donors (Lipinski definition) is 1. The molecule has 2 fully saturated rings.